The van der Waals surface area contributed by atoms with Gasteiger partial charge in [-0.15, -0.1) is 0 Å². The van der Waals surface area contributed by atoms with Crippen molar-refractivity contribution in [2.24, 2.45) is 5.92 Å². The molecule has 1 saturated heterocycles. The molecule has 1 aromatic heterocycles. The number of anilines is 2. The van der Waals surface area contributed by atoms with Crippen molar-refractivity contribution >= 4 is 17.7 Å². The maximum Gasteiger partial charge on any atom is 0.309 e. The molecular formula is C12H18N4O2. The van der Waals surface area contributed by atoms with E-state index in [9.17, 15) is 4.79 Å². The number of carbonyl (C=O) groups excluding carboxylic acids is 1. The van der Waals surface area contributed by atoms with Gasteiger partial charge in [-0.05, 0) is 25.8 Å². The van der Waals surface area contributed by atoms with Crippen LogP contribution in [0.15, 0.2) is 12.3 Å². The third-order valence-electron chi connectivity index (χ3n) is 3.10. The normalized spacial score (nSPS) is 16.6. The first-order chi connectivity index (χ1) is 8.70. The molecule has 0 unspecified atom stereocenters. The maximum absolute atomic E-state index is 11.6. The molecule has 0 amide bonds. The van der Waals surface area contributed by atoms with Crippen LogP contribution in [0, 0.1) is 5.92 Å². The molecular weight excluding hydrogens is 232 g/mol. The smallest absolute Gasteiger partial charge is 0.309 e. The van der Waals surface area contributed by atoms with Gasteiger partial charge >= 0.3 is 5.97 Å². The van der Waals surface area contributed by atoms with Crippen molar-refractivity contribution in [3.8, 4) is 0 Å². The van der Waals surface area contributed by atoms with Crippen LogP contribution in [0.3, 0.4) is 0 Å². The Morgan fingerprint density at radius 2 is 2.28 bits per heavy atom. The lowest BCUT2D eigenvalue weighted by molar-refractivity contribution is -0.148. The zero-order valence-electron chi connectivity index (χ0n) is 10.5. The highest BCUT2D eigenvalue weighted by atomic mass is 16.5. The number of nitrogens with zero attached hydrogens (tertiary/aromatic N) is 3. The average molecular weight is 250 g/mol. The van der Waals surface area contributed by atoms with Crippen LogP contribution in [0.25, 0.3) is 0 Å². The summed E-state index contributed by atoms with van der Waals surface area (Å²) >= 11 is 0. The number of aromatic nitrogens is 2. The molecule has 2 rings (SSSR count). The Morgan fingerprint density at radius 3 is 2.89 bits per heavy atom. The molecule has 0 aliphatic carbocycles. The molecule has 18 heavy (non-hydrogen) atoms. The number of ether oxygens (including phenoxy) is 1. The molecule has 6 nitrogen and oxygen atoms in total. The summed E-state index contributed by atoms with van der Waals surface area (Å²) in [6.45, 7) is 3.86. The van der Waals surface area contributed by atoms with Crippen LogP contribution in [0.1, 0.15) is 19.8 Å². The molecule has 1 aromatic rings. The summed E-state index contributed by atoms with van der Waals surface area (Å²) in [5.41, 5.74) is 5.56. The fourth-order valence-corrected chi connectivity index (χ4v) is 2.14. The molecule has 1 aliphatic heterocycles. The second kappa shape index (κ2) is 5.66. The Hall–Kier alpha value is -1.85. The minimum absolute atomic E-state index is 0.0142. The molecule has 1 aliphatic rings. The van der Waals surface area contributed by atoms with Crippen molar-refractivity contribution in [1.82, 2.24) is 9.97 Å². The number of nitrogens with two attached hydrogens (primary N) is 1. The summed E-state index contributed by atoms with van der Waals surface area (Å²) in [6, 6.07) is 1.83. The van der Waals surface area contributed by atoms with Crippen LogP contribution < -0.4 is 10.6 Å². The predicted molar refractivity (Wildman–Crippen MR) is 68.0 cm³/mol. The van der Waals surface area contributed by atoms with E-state index >= 15 is 0 Å². The van der Waals surface area contributed by atoms with E-state index in [1.807, 2.05) is 13.0 Å². The number of piperidine rings is 1. The summed E-state index contributed by atoms with van der Waals surface area (Å²) in [4.78, 5) is 21.8. The first kappa shape index (κ1) is 12.6. The van der Waals surface area contributed by atoms with Crippen LogP contribution in [0.2, 0.25) is 0 Å². The fraction of sp³-hybridized carbons (Fsp3) is 0.583. The highest BCUT2D eigenvalue weighted by Crippen LogP contribution is 2.22. The molecule has 2 N–H and O–H groups in total. The summed E-state index contributed by atoms with van der Waals surface area (Å²) in [7, 11) is 0. The molecule has 0 saturated carbocycles. The van der Waals surface area contributed by atoms with Crippen molar-refractivity contribution in [3.05, 3.63) is 12.3 Å². The minimum Gasteiger partial charge on any atom is -0.466 e. The molecule has 0 spiro atoms. The summed E-state index contributed by atoms with van der Waals surface area (Å²) in [5.74, 6) is 1.03. The van der Waals surface area contributed by atoms with Gasteiger partial charge in [-0.25, -0.2) is 4.98 Å². The molecule has 0 bridgehead atoms. The number of rotatable bonds is 3. The summed E-state index contributed by atoms with van der Waals surface area (Å²) < 4.78 is 5.04. The van der Waals surface area contributed by atoms with Crippen molar-refractivity contribution in [3.63, 3.8) is 0 Å². The van der Waals surface area contributed by atoms with Crippen LogP contribution in [0.4, 0.5) is 11.8 Å². The van der Waals surface area contributed by atoms with Crippen molar-refractivity contribution in [2.45, 2.75) is 19.8 Å². The predicted octanol–water partition coefficient (Wildman–Crippen LogP) is 0.838. The van der Waals surface area contributed by atoms with Crippen LogP contribution >= 0.6 is 0 Å². The monoisotopic (exact) mass is 250 g/mol. The Bertz CT molecular complexity index is 416. The lowest BCUT2D eigenvalue weighted by atomic mass is 9.97. The van der Waals surface area contributed by atoms with Gasteiger partial charge in [0.15, 0.2) is 0 Å². The van der Waals surface area contributed by atoms with Gasteiger partial charge in [0.1, 0.15) is 5.82 Å². The SMILES string of the molecule is CCOC(=O)C1CCN(c2ccnc(N)n2)CC1. The van der Waals surface area contributed by atoms with Gasteiger partial charge in [-0.2, -0.15) is 4.98 Å². The zero-order chi connectivity index (χ0) is 13.0. The largest absolute Gasteiger partial charge is 0.466 e. The zero-order valence-corrected chi connectivity index (χ0v) is 10.5. The van der Waals surface area contributed by atoms with Gasteiger partial charge in [0.25, 0.3) is 0 Å². The van der Waals surface area contributed by atoms with Crippen molar-refractivity contribution in [1.29, 1.82) is 0 Å². The van der Waals surface area contributed by atoms with Crippen LogP contribution in [-0.4, -0.2) is 35.6 Å². The molecule has 0 radical (unpaired) electrons. The molecule has 2 heterocycles. The van der Waals surface area contributed by atoms with E-state index in [4.69, 9.17) is 10.5 Å². The maximum atomic E-state index is 11.6. The van der Waals surface area contributed by atoms with Gasteiger partial charge in [-0.1, -0.05) is 0 Å². The number of esters is 1. The van der Waals surface area contributed by atoms with Gasteiger partial charge in [0, 0.05) is 19.3 Å². The second-order valence-corrected chi connectivity index (χ2v) is 4.29. The summed E-state index contributed by atoms with van der Waals surface area (Å²) in [6.07, 6.45) is 3.24. The quantitative estimate of drug-likeness (QED) is 0.800. The second-order valence-electron chi connectivity index (χ2n) is 4.29. The first-order valence-electron chi connectivity index (χ1n) is 6.20. The fourth-order valence-electron chi connectivity index (χ4n) is 2.14. The van der Waals surface area contributed by atoms with Gasteiger partial charge in [-0.3, -0.25) is 4.79 Å². The molecule has 1 fully saturated rings. The Balaban J connectivity index is 1.92. The minimum atomic E-state index is -0.0839. The van der Waals surface area contributed by atoms with Gasteiger partial charge < -0.3 is 15.4 Å². The molecule has 6 heteroatoms. The Morgan fingerprint density at radius 1 is 1.56 bits per heavy atom. The Kier molecular flexibility index (Phi) is 3.96. The van der Waals surface area contributed by atoms with E-state index < -0.39 is 0 Å². The van der Waals surface area contributed by atoms with E-state index in [0.29, 0.717) is 6.61 Å². The van der Waals surface area contributed by atoms with E-state index in [2.05, 4.69) is 14.9 Å². The number of nitrogen functional groups attached to an aromatic ring is 1. The van der Waals surface area contributed by atoms with Gasteiger partial charge in [0.2, 0.25) is 5.95 Å². The highest BCUT2D eigenvalue weighted by Gasteiger charge is 2.26. The standard InChI is InChI=1S/C12H18N4O2/c1-2-18-11(17)9-4-7-16(8-5-9)10-3-6-14-12(13)15-10/h3,6,9H,2,4-5,7-8H2,1H3,(H2,13,14,15). The Labute approximate surface area is 106 Å². The number of hydrogen-bond donors (Lipinski definition) is 1. The van der Waals surface area contributed by atoms with E-state index in [0.717, 1.165) is 31.7 Å². The number of carbonyl (C=O) groups is 1. The topological polar surface area (TPSA) is 81.3 Å². The number of hydrogen-bond acceptors (Lipinski definition) is 6. The highest BCUT2D eigenvalue weighted by molar-refractivity contribution is 5.72. The lowest BCUT2D eigenvalue weighted by Crippen LogP contribution is -2.37. The lowest BCUT2D eigenvalue weighted by Gasteiger charge is -2.31. The third-order valence-corrected chi connectivity index (χ3v) is 3.10. The van der Waals surface area contributed by atoms with Crippen molar-refractivity contribution < 1.29 is 9.53 Å². The molecule has 0 aromatic carbocycles. The molecule has 0 atom stereocenters. The van der Waals surface area contributed by atoms with Crippen molar-refractivity contribution in [2.75, 3.05) is 30.3 Å². The molecule has 98 valence electrons. The first-order valence-corrected chi connectivity index (χ1v) is 6.20. The van der Waals surface area contributed by atoms with E-state index in [-0.39, 0.29) is 17.8 Å². The van der Waals surface area contributed by atoms with Crippen LogP contribution in [-0.2, 0) is 9.53 Å². The van der Waals surface area contributed by atoms with Gasteiger partial charge in [0.05, 0.1) is 12.5 Å². The van der Waals surface area contributed by atoms with E-state index in [1.54, 1.807) is 6.20 Å². The average Bonchev–Trinajstić information content (AvgIpc) is 2.39. The van der Waals surface area contributed by atoms with Crippen LogP contribution in [0.5, 0.6) is 0 Å². The summed E-state index contributed by atoms with van der Waals surface area (Å²) in [5, 5.41) is 0. The third kappa shape index (κ3) is 2.88. The van der Waals surface area contributed by atoms with E-state index in [1.165, 1.54) is 0 Å².